The molecule has 0 radical (unpaired) electrons. The molecule has 0 aliphatic heterocycles. The Bertz CT molecular complexity index is 158. The van der Waals surface area contributed by atoms with E-state index in [0.29, 0.717) is 0 Å². The monoisotopic (exact) mass is 194 g/mol. The van der Waals surface area contributed by atoms with Crippen molar-refractivity contribution in [1.29, 1.82) is 0 Å². The molecule has 6 N–H and O–H groups in total. The molecule has 0 aromatic carbocycles. The summed E-state index contributed by atoms with van der Waals surface area (Å²) in [7, 11) is 0. The minimum atomic E-state index is -1.59. The third-order valence-electron chi connectivity index (χ3n) is 2.49. The van der Waals surface area contributed by atoms with Crippen LogP contribution in [0.3, 0.4) is 0 Å². The summed E-state index contributed by atoms with van der Waals surface area (Å²) in [6, 6.07) is 0. The van der Waals surface area contributed by atoms with Crippen molar-refractivity contribution in [2.75, 3.05) is 6.61 Å². The average molecular weight is 194 g/mol. The van der Waals surface area contributed by atoms with Gasteiger partial charge in [0.25, 0.3) is 0 Å². The normalized spacial score (nSPS) is 52.2. The van der Waals surface area contributed by atoms with Crippen LogP contribution in [0.5, 0.6) is 0 Å². The van der Waals surface area contributed by atoms with E-state index >= 15 is 0 Å². The molecule has 6 heteroatoms. The fourth-order valence-electron chi connectivity index (χ4n) is 1.53. The summed E-state index contributed by atoms with van der Waals surface area (Å²) in [5, 5.41) is 54.6. The van der Waals surface area contributed by atoms with E-state index in [1.165, 1.54) is 0 Å². The Morgan fingerprint density at radius 1 is 0.615 bits per heavy atom. The van der Waals surface area contributed by atoms with Gasteiger partial charge in [-0.2, -0.15) is 0 Å². The number of aliphatic hydroxyl groups excluding tert-OH is 6. The molecule has 0 amide bonds. The van der Waals surface area contributed by atoms with E-state index < -0.39 is 43.0 Å². The topological polar surface area (TPSA) is 121 Å². The first-order valence-corrected chi connectivity index (χ1v) is 4.02. The third-order valence-corrected chi connectivity index (χ3v) is 2.49. The van der Waals surface area contributed by atoms with Crippen LogP contribution in [0.25, 0.3) is 0 Å². The maximum atomic E-state index is 9.25. The minimum absolute atomic E-state index is 0.566. The zero-order valence-electron chi connectivity index (χ0n) is 6.85. The summed E-state index contributed by atoms with van der Waals surface area (Å²) in [5.41, 5.74) is 0. The summed E-state index contributed by atoms with van der Waals surface area (Å²) < 4.78 is 0. The Labute approximate surface area is 74.7 Å². The van der Waals surface area contributed by atoms with E-state index in [2.05, 4.69) is 0 Å². The van der Waals surface area contributed by atoms with Gasteiger partial charge in [0.15, 0.2) is 0 Å². The number of hydrogen-bond acceptors (Lipinski definition) is 6. The van der Waals surface area contributed by atoms with Crippen molar-refractivity contribution in [3.63, 3.8) is 0 Å². The molecule has 1 aliphatic rings. The molecule has 4 atom stereocenters. The molecular formula is C7H14O6. The second-order valence-electron chi connectivity index (χ2n) is 3.30. The van der Waals surface area contributed by atoms with E-state index in [-0.39, 0.29) is 0 Å². The molecule has 0 bridgehead atoms. The van der Waals surface area contributed by atoms with Crippen LogP contribution in [-0.4, -0.2) is 67.8 Å². The molecule has 1 aliphatic carbocycles. The molecule has 1 rings (SSSR count). The third kappa shape index (κ3) is 1.69. The lowest BCUT2D eigenvalue weighted by Gasteiger charge is -2.41. The van der Waals surface area contributed by atoms with Crippen LogP contribution in [0.15, 0.2) is 0 Å². The van der Waals surface area contributed by atoms with Crippen molar-refractivity contribution >= 4 is 0 Å². The minimum Gasteiger partial charge on any atom is -0.396 e. The largest absolute Gasteiger partial charge is 0.396 e. The van der Waals surface area contributed by atoms with E-state index in [4.69, 9.17) is 20.4 Å². The molecular weight excluding hydrogens is 180 g/mol. The number of aliphatic hydroxyl groups is 6. The quantitative estimate of drug-likeness (QED) is 0.256. The Balaban J connectivity index is 2.79. The highest BCUT2D eigenvalue weighted by Gasteiger charge is 2.47. The van der Waals surface area contributed by atoms with Crippen LogP contribution in [0.2, 0.25) is 0 Å². The summed E-state index contributed by atoms with van der Waals surface area (Å²) >= 11 is 0. The summed E-state index contributed by atoms with van der Waals surface area (Å²) in [6.45, 7) is -0.566. The molecule has 0 saturated heterocycles. The Morgan fingerprint density at radius 3 is 1.23 bits per heavy atom. The molecule has 0 spiro atoms. The molecule has 13 heavy (non-hydrogen) atoms. The fourth-order valence-corrected chi connectivity index (χ4v) is 1.53. The van der Waals surface area contributed by atoms with Crippen molar-refractivity contribution in [1.82, 2.24) is 0 Å². The van der Waals surface area contributed by atoms with Gasteiger partial charge in [0, 0.05) is 5.92 Å². The predicted molar refractivity (Wildman–Crippen MR) is 40.6 cm³/mol. The van der Waals surface area contributed by atoms with Gasteiger partial charge in [0.1, 0.15) is 18.3 Å². The molecule has 0 heterocycles. The van der Waals surface area contributed by atoms with Crippen LogP contribution < -0.4 is 0 Å². The lowest BCUT2D eigenvalue weighted by atomic mass is 9.79. The van der Waals surface area contributed by atoms with E-state index in [1.54, 1.807) is 0 Å². The highest BCUT2D eigenvalue weighted by Crippen LogP contribution is 2.25. The van der Waals surface area contributed by atoms with Gasteiger partial charge < -0.3 is 30.6 Å². The first-order chi connectivity index (χ1) is 6.00. The number of rotatable bonds is 1. The van der Waals surface area contributed by atoms with Gasteiger partial charge in [-0.05, 0) is 0 Å². The molecule has 0 aromatic heterocycles. The maximum Gasteiger partial charge on any atom is 0.111 e. The second-order valence-corrected chi connectivity index (χ2v) is 3.30. The van der Waals surface area contributed by atoms with E-state index in [9.17, 15) is 10.2 Å². The summed E-state index contributed by atoms with van der Waals surface area (Å²) in [6.07, 6.45) is -7.55. The van der Waals surface area contributed by atoms with Gasteiger partial charge in [0.05, 0.1) is 18.8 Å². The molecule has 1 fully saturated rings. The molecule has 1 saturated carbocycles. The van der Waals surface area contributed by atoms with Gasteiger partial charge in [-0.3, -0.25) is 0 Å². The summed E-state index contributed by atoms with van der Waals surface area (Å²) in [4.78, 5) is 0. The van der Waals surface area contributed by atoms with Crippen molar-refractivity contribution < 1.29 is 30.6 Å². The van der Waals surface area contributed by atoms with Gasteiger partial charge in [0.2, 0.25) is 0 Å². The molecule has 78 valence electrons. The van der Waals surface area contributed by atoms with E-state index in [1.807, 2.05) is 0 Å². The maximum absolute atomic E-state index is 9.25. The van der Waals surface area contributed by atoms with E-state index in [0.717, 1.165) is 0 Å². The second kappa shape index (κ2) is 3.87. The SMILES string of the molecule is OCC1[C@@H](O)[C@H](O)C(O)[C@@H](O)[C@@H]1O. The van der Waals surface area contributed by atoms with Crippen molar-refractivity contribution in [2.24, 2.45) is 5.92 Å². The Morgan fingerprint density at radius 2 is 0.923 bits per heavy atom. The van der Waals surface area contributed by atoms with Gasteiger partial charge in [-0.25, -0.2) is 0 Å². The fraction of sp³-hybridized carbons (Fsp3) is 1.00. The first-order valence-electron chi connectivity index (χ1n) is 4.02. The highest BCUT2D eigenvalue weighted by atomic mass is 16.4. The zero-order valence-corrected chi connectivity index (χ0v) is 6.85. The van der Waals surface area contributed by atoms with Gasteiger partial charge in [-0.15, -0.1) is 0 Å². The van der Waals surface area contributed by atoms with Crippen LogP contribution in [-0.2, 0) is 0 Å². The van der Waals surface area contributed by atoms with Crippen molar-refractivity contribution in [3.05, 3.63) is 0 Å². The Kier molecular flexibility index (Phi) is 3.23. The first kappa shape index (κ1) is 10.8. The number of hydrogen-bond donors (Lipinski definition) is 6. The van der Waals surface area contributed by atoms with Crippen LogP contribution in [0.4, 0.5) is 0 Å². The highest BCUT2D eigenvalue weighted by molar-refractivity contribution is 4.97. The van der Waals surface area contributed by atoms with Crippen LogP contribution in [0.1, 0.15) is 0 Å². The summed E-state index contributed by atoms with van der Waals surface area (Å²) in [5.74, 6) is -1.03. The van der Waals surface area contributed by atoms with Gasteiger partial charge in [-0.1, -0.05) is 0 Å². The predicted octanol–water partition coefficient (Wildman–Crippen LogP) is -3.59. The van der Waals surface area contributed by atoms with Crippen LogP contribution >= 0.6 is 0 Å². The lowest BCUT2D eigenvalue weighted by molar-refractivity contribution is -0.209. The van der Waals surface area contributed by atoms with Crippen LogP contribution in [0, 0.1) is 5.92 Å². The molecule has 0 unspecified atom stereocenters. The van der Waals surface area contributed by atoms with Gasteiger partial charge >= 0.3 is 0 Å². The molecule has 0 aromatic rings. The average Bonchev–Trinajstić information content (AvgIpc) is 2.13. The zero-order chi connectivity index (χ0) is 10.2. The smallest absolute Gasteiger partial charge is 0.111 e. The molecule has 6 nitrogen and oxygen atoms in total. The standard InChI is InChI=1S/C7H14O6/c8-1-2-3(9)5(11)7(13)6(12)4(2)10/h2-13H,1H2/t2?,3-,4-,5+,6+,7?/m1/s1. The lowest BCUT2D eigenvalue weighted by Crippen LogP contribution is -2.61. The van der Waals surface area contributed by atoms with Crippen molar-refractivity contribution in [2.45, 2.75) is 30.5 Å². The Hall–Kier alpha value is -0.240. The van der Waals surface area contributed by atoms with Crippen molar-refractivity contribution in [3.8, 4) is 0 Å².